The number of Topliss-reactive ketones (excluding diaryl/α,β-unsaturated/α-hetero) is 1. The number of carbonyl (C=O) groups excluding carboxylic acids is 1. The van der Waals surface area contributed by atoms with E-state index >= 15 is 0 Å². The fourth-order valence-electron chi connectivity index (χ4n) is 0.812. The van der Waals surface area contributed by atoms with Gasteiger partial charge in [0.25, 0.3) is 0 Å². The van der Waals surface area contributed by atoms with Crippen LogP contribution in [0, 0.1) is 0 Å². The lowest BCUT2D eigenvalue weighted by molar-refractivity contribution is 0.0996. The smallest absolute Gasteiger partial charge is 0.186 e. The second-order valence-electron chi connectivity index (χ2n) is 2.32. The van der Waals surface area contributed by atoms with Crippen molar-refractivity contribution in [3.63, 3.8) is 0 Å². The summed E-state index contributed by atoms with van der Waals surface area (Å²) in [5.74, 6) is 0.145. The zero-order chi connectivity index (χ0) is 8.81. The Labute approximate surface area is 75.9 Å². The number of hydrogen-bond donors (Lipinski definition) is 1. The van der Waals surface area contributed by atoms with Crippen LogP contribution in [-0.4, -0.2) is 18.9 Å². The molecule has 0 aliphatic heterocycles. The lowest BCUT2D eigenvalue weighted by Crippen LogP contribution is -2.22. The molecule has 64 valence electrons. The van der Waals surface area contributed by atoms with E-state index in [9.17, 15) is 4.79 Å². The van der Waals surface area contributed by atoms with Crippen LogP contribution in [0.15, 0.2) is 30.2 Å². The molecule has 1 heterocycles. The third kappa shape index (κ3) is 2.60. The van der Waals surface area contributed by atoms with Crippen molar-refractivity contribution in [2.75, 3.05) is 13.1 Å². The molecular formula is C9H11NOS. The van der Waals surface area contributed by atoms with Crippen molar-refractivity contribution in [3.8, 4) is 0 Å². The average Bonchev–Trinajstić information content (AvgIpc) is 2.56. The van der Waals surface area contributed by atoms with Crippen LogP contribution in [0.5, 0.6) is 0 Å². The van der Waals surface area contributed by atoms with E-state index < -0.39 is 0 Å². The summed E-state index contributed by atoms with van der Waals surface area (Å²) in [7, 11) is 0. The zero-order valence-corrected chi connectivity index (χ0v) is 7.56. The molecule has 0 bridgehead atoms. The highest BCUT2D eigenvalue weighted by Gasteiger charge is 2.04. The summed E-state index contributed by atoms with van der Waals surface area (Å²) in [6.45, 7) is 4.62. The van der Waals surface area contributed by atoms with Gasteiger partial charge in [0, 0.05) is 6.54 Å². The number of hydrogen-bond acceptors (Lipinski definition) is 3. The molecule has 0 fully saturated rings. The molecule has 0 aromatic carbocycles. The van der Waals surface area contributed by atoms with Crippen LogP contribution in [0.25, 0.3) is 0 Å². The van der Waals surface area contributed by atoms with Crippen LogP contribution >= 0.6 is 11.3 Å². The van der Waals surface area contributed by atoms with E-state index in [1.807, 2.05) is 17.5 Å². The summed E-state index contributed by atoms with van der Waals surface area (Å²) in [4.78, 5) is 12.1. The first kappa shape index (κ1) is 9.16. The maximum atomic E-state index is 11.3. The molecule has 0 aliphatic rings. The largest absolute Gasteiger partial charge is 0.306 e. The highest BCUT2D eigenvalue weighted by atomic mass is 32.1. The summed E-state index contributed by atoms with van der Waals surface area (Å²) < 4.78 is 0. The van der Waals surface area contributed by atoms with Crippen LogP contribution in [0.2, 0.25) is 0 Å². The predicted octanol–water partition coefficient (Wildman–Crippen LogP) is 1.71. The predicted molar refractivity (Wildman–Crippen MR) is 51.7 cm³/mol. The van der Waals surface area contributed by atoms with Gasteiger partial charge in [-0.25, -0.2) is 0 Å². The molecule has 0 saturated carbocycles. The molecular weight excluding hydrogens is 170 g/mol. The molecule has 1 N–H and O–H groups in total. The Bertz CT molecular complexity index is 254. The molecule has 0 amide bonds. The normalized spacial score (nSPS) is 9.67. The van der Waals surface area contributed by atoms with Gasteiger partial charge in [0.2, 0.25) is 0 Å². The molecule has 1 aromatic heterocycles. The van der Waals surface area contributed by atoms with E-state index in [4.69, 9.17) is 0 Å². The van der Waals surface area contributed by atoms with E-state index in [1.165, 1.54) is 11.3 Å². The van der Waals surface area contributed by atoms with Crippen molar-refractivity contribution in [1.82, 2.24) is 5.32 Å². The highest BCUT2D eigenvalue weighted by molar-refractivity contribution is 7.12. The zero-order valence-electron chi connectivity index (χ0n) is 6.75. The number of carbonyl (C=O) groups is 1. The molecule has 0 spiro atoms. The van der Waals surface area contributed by atoms with Gasteiger partial charge in [0.15, 0.2) is 5.78 Å². The van der Waals surface area contributed by atoms with Crippen LogP contribution in [-0.2, 0) is 0 Å². The maximum absolute atomic E-state index is 11.3. The molecule has 1 rings (SSSR count). The van der Waals surface area contributed by atoms with E-state index in [0.717, 1.165) is 4.88 Å². The first-order valence-corrected chi connectivity index (χ1v) is 4.61. The quantitative estimate of drug-likeness (QED) is 0.425. The van der Waals surface area contributed by atoms with Gasteiger partial charge in [-0.1, -0.05) is 12.1 Å². The minimum atomic E-state index is 0.145. The van der Waals surface area contributed by atoms with E-state index in [2.05, 4.69) is 11.9 Å². The van der Waals surface area contributed by atoms with E-state index in [1.54, 1.807) is 6.08 Å². The highest BCUT2D eigenvalue weighted by Crippen LogP contribution is 2.08. The first-order valence-electron chi connectivity index (χ1n) is 3.73. The number of thiophene rings is 1. The van der Waals surface area contributed by atoms with Crippen molar-refractivity contribution >= 4 is 17.1 Å². The lowest BCUT2D eigenvalue weighted by Gasteiger charge is -1.97. The average molecular weight is 181 g/mol. The van der Waals surface area contributed by atoms with Crippen molar-refractivity contribution in [3.05, 3.63) is 35.0 Å². The minimum Gasteiger partial charge on any atom is -0.306 e. The Morgan fingerprint density at radius 1 is 1.75 bits per heavy atom. The maximum Gasteiger partial charge on any atom is 0.186 e. The van der Waals surface area contributed by atoms with Gasteiger partial charge in [0.05, 0.1) is 11.4 Å². The SMILES string of the molecule is C=CCNCC(=O)c1cccs1. The molecule has 0 radical (unpaired) electrons. The fourth-order valence-corrected chi connectivity index (χ4v) is 1.48. The topological polar surface area (TPSA) is 29.1 Å². The van der Waals surface area contributed by atoms with Crippen LogP contribution < -0.4 is 5.32 Å². The summed E-state index contributed by atoms with van der Waals surface area (Å²) in [6, 6.07) is 3.72. The summed E-state index contributed by atoms with van der Waals surface area (Å²) in [5.41, 5.74) is 0. The van der Waals surface area contributed by atoms with Crippen LogP contribution in [0.4, 0.5) is 0 Å². The Kier molecular flexibility index (Phi) is 3.70. The number of rotatable bonds is 5. The summed E-state index contributed by atoms with van der Waals surface area (Å²) >= 11 is 1.47. The van der Waals surface area contributed by atoms with Crippen molar-refractivity contribution < 1.29 is 4.79 Å². The van der Waals surface area contributed by atoms with Gasteiger partial charge in [-0.05, 0) is 11.4 Å². The Morgan fingerprint density at radius 2 is 2.58 bits per heavy atom. The van der Waals surface area contributed by atoms with Gasteiger partial charge >= 0.3 is 0 Å². The first-order chi connectivity index (χ1) is 5.84. The molecule has 2 nitrogen and oxygen atoms in total. The Morgan fingerprint density at radius 3 is 3.17 bits per heavy atom. The molecule has 0 atom stereocenters. The van der Waals surface area contributed by atoms with Crippen molar-refractivity contribution in [2.45, 2.75) is 0 Å². The molecule has 0 unspecified atom stereocenters. The molecule has 3 heteroatoms. The monoisotopic (exact) mass is 181 g/mol. The van der Waals surface area contributed by atoms with Gasteiger partial charge in [-0.3, -0.25) is 4.79 Å². The van der Waals surface area contributed by atoms with Gasteiger partial charge < -0.3 is 5.32 Å². The third-order valence-corrected chi connectivity index (χ3v) is 2.28. The molecule has 0 aliphatic carbocycles. The third-order valence-electron chi connectivity index (χ3n) is 1.37. The lowest BCUT2D eigenvalue weighted by atomic mass is 10.3. The van der Waals surface area contributed by atoms with E-state index in [-0.39, 0.29) is 5.78 Å². The van der Waals surface area contributed by atoms with E-state index in [0.29, 0.717) is 13.1 Å². The number of ketones is 1. The minimum absolute atomic E-state index is 0.145. The second-order valence-corrected chi connectivity index (χ2v) is 3.27. The Hall–Kier alpha value is -0.930. The van der Waals surface area contributed by atoms with Gasteiger partial charge in [0.1, 0.15) is 0 Å². The molecule has 0 saturated heterocycles. The fraction of sp³-hybridized carbons (Fsp3) is 0.222. The molecule has 12 heavy (non-hydrogen) atoms. The second kappa shape index (κ2) is 4.85. The Balaban J connectivity index is 2.34. The van der Waals surface area contributed by atoms with Crippen molar-refractivity contribution in [2.24, 2.45) is 0 Å². The van der Waals surface area contributed by atoms with Crippen molar-refractivity contribution in [1.29, 1.82) is 0 Å². The van der Waals surface area contributed by atoms with Gasteiger partial charge in [-0.2, -0.15) is 0 Å². The van der Waals surface area contributed by atoms with Crippen LogP contribution in [0.1, 0.15) is 9.67 Å². The van der Waals surface area contributed by atoms with Gasteiger partial charge in [-0.15, -0.1) is 17.9 Å². The molecule has 1 aromatic rings. The summed E-state index contributed by atoms with van der Waals surface area (Å²) in [5, 5.41) is 4.87. The van der Waals surface area contributed by atoms with Crippen LogP contribution in [0.3, 0.4) is 0 Å². The standard InChI is InChI=1S/C9H11NOS/c1-2-5-10-7-8(11)9-4-3-6-12-9/h2-4,6,10H,1,5,7H2. The number of nitrogens with one attached hydrogen (secondary N) is 1. The summed E-state index contributed by atoms with van der Waals surface area (Å²) in [6.07, 6.45) is 1.74.